The zero-order valence-electron chi connectivity index (χ0n) is 26.3. The number of carbonyl (C=O) groups excluding carboxylic acids is 3. The fourth-order valence-electron chi connectivity index (χ4n) is 5.16. The van der Waals surface area contributed by atoms with Crippen LogP contribution in [0.15, 0.2) is 5.38 Å². The van der Waals surface area contributed by atoms with Crippen molar-refractivity contribution in [1.82, 2.24) is 20.1 Å². The van der Waals surface area contributed by atoms with Crippen molar-refractivity contribution in [2.24, 2.45) is 11.8 Å². The smallest absolute Gasteiger partial charge is 0.355 e. The highest BCUT2D eigenvalue weighted by atomic mass is 32.1. The Morgan fingerprint density at radius 1 is 1.21 bits per heavy atom. The van der Waals surface area contributed by atoms with E-state index in [4.69, 9.17) is 9.47 Å². The minimum absolute atomic E-state index is 0.0128. The van der Waals surface area contributed by atoms with E-state index in [0.29, 0.717) is 18.0 Å². The molecular formula is C30H50N4O7S. The van der Waals surface area contributed by atoms with E-state index in [2.05, 4.69) is 17.2 Å². The third kappa shape index (κ3) is 10.3. The standard InChI is InChI=1S/C30H50N4O7S/c1-8-10-15-40-18-34(29(37)26(20(5)9-2)32-27(36)23-13-11-12-14-33(23)7)24(19(3)4)16-25(41-21(6)35)28-31-22(17-42-28)30(38)39/h17,19-20,23-26H,8-16,18H2,1-7H3,(H,32,36)(H,38,39)/t20?,23-,24-,25-,26+/m1/s1. The molecule has 238 valence electrons. The van der Waals surface area contributed by atoms with Crippen LogP contribution in [0.3, 0.4) is 0 Å². The molecule has 2 amide bonds. The van der Waals surface area contributed by atoms with E-state index < -0.39 is 30.1 Å². The number of amides is 2. The number of carbonyl (C=O) groups is 4. The highest BCUT2D eigenvalue weighted by Crippen LogP contribution is 2.31. The number of piperidine rings is 1. The van der Waals surface area contributed by atoms with Gasteiger partial charge in [-0.2, -0.15) is 0 Å². The molecule has 0 saturated carbocycles. The molecule has 1 aromatic heterocycles. The number of rotatable bonds is 17. The topological polar surface area (TPSA) is 138 Å². The van der Waals surface area contributed by atoms with Gasteiger partial charge in [-0.15, -0.1) is 11.3 Å². The summed E-state index contributed by atoms with van der Waals surface area (Å²) < 4.78 is 11.6. The average Bonchev–Trinajstić information content (AvgIpc) is 3.44. The van der Waals surface area contributed by atoms with Gasteiger partial charge in [0.05, 0.1) is 6.04 Å². The zero-order chi connectivity index (χ0) is 31.4. The van der Waals surface area contributed by atoms with Crippen LogP contribution >= 0.6 is 11.3 Å². The fourth-order valence-corrected chi connectivity index (χ4v) is 5.99. The molecule has 0 radical (unpaired) electrons. The lowest BCUT2D eigenvalue weighted by atomic mass is 9.92. The van der Waals surface area contributed by atoms with E-state index in [-0.39, 0.29) is 48.5 Å². The van der Waals surface area contributed by atoms with Crippen molar-refractivity contribution in [3.63, 3.8) is 0 Å². The Bertz CT molecular complexity index is 1030. The Hall–Kier alpha value is -2.57. The van der Waals surface area contributed by atoms with Crippen LogP contribution in [0.5, 0.6) is 0 Å². The SMILES string of the molecule is CCCCOCN(C(=O)[C@@H](NC(=O)[C@H]1CCCCN1C)C(C)CC)[C@H](C[C@@H](OC(C)=O)c1nc(C(=O)O)cs1)C(C)C. The predicted molar refractivity (Wildman–Crippen MR) is 161 cm³/mol. The van der Waals surface area contributed by atoms with Gasteiger partial charge in [0, 0.05) is 31.4 Å². The Kier molecular flexibility index (Phi) is 14.9. The highest BCUT2D eigenvalue weighted by molar-refractivity contribution is 7.09. The van der Waals surface area contributed by atoms with Crippen molar-refractivity contribution in [1.29, 1.82) is 0 Å². The molecule has 1 aliphatic heterocycles. The Morgan fingerprint density at radius 3 is 2.48 bits per heavy atom. The number of likely N-dealkylation sites (N-methyl/N-ethyl adjacent to an activating group) is 1. The molecule has 0 aromatic carbocycles. The molecule has 0 aliphatic carbocycles. The van der Waals surface area contributed by atoms with Crippen LogP contribution in [0.4, 0.5) is 0 Å². The Balaban J connectivity index is 2.43. The van der Waals surface area contributed by atoms with Gasteiger partial charge in [-0.25, -0.2) is 9.78 Å². The molecule has 11 nitrogen and oxygen atoms in total. The van der Waals surface area contributed by atoms with Crippen LogP contribution in [0, 0.1) is 11.8 Å². The summed E-state index contributed by atoms with van der Waals surface area (Å²) in [6.45, 7) is 12.6. The molecule has 0 spiro atoms. The normalized spacial score (nSPS) is 18.6. The van der Waals surface area contributed by atoms with E-state index in [1.807, 2.05) is 39.6 Å². The maximum absolute atomic E-state index is 14.4. The van der Waals surface area contributed by atoms with E-state index >= 15 is 0 Å². The molecule has 1 aliphatic rings. The zero-order valence-corrected chi connectivity index (χ0v) is 27.1. The monoisotopic (exact) mass is 610 g/mol. The van der Waals surface area contributed by atoms with Crippen LogP contribution in [-0.2, 0) is 23.9 Å². The number of aromatic carboxylic acids is 1. The summed E-state index contributed by atoms with van der Waals surface area (Å²) in [6, 6.07) is -1.50. The quantitative estimate of drug-likeness (QED) is 0.149. The van der Waals surface area contributed by atoms with Crippen molar-refractivity contribution in [2.45, 2.75) is 111 Å². The number of carboxylic acid groups (broad SMARTS) is 1. The van der Waals surface area contributed by atoms with Gasteiger partial charge in [0.2, 0.25) is 11.8 Å². The minimum Gasteiger partial charge on any atom is -0.476 e. The van der Waals surface area contributed by atoms with Gasteiger partial charge in [0.25, 0.3) is 0 Å². The van der Waals surface area contributed by atoms with Crippen molar-refractivity contribution < 1.29 is 33.8 Å². The van der Waals surface area contributed by atoms with Gasteiger partial charge in [-0.3, -0.25) is 19.3 Å². The van der Waals surface area contributed by atoms with Gasteiger partial charge in [0.1, 0.15) is 17.8 Å². The molecule has 5 atom stereocenters. The number of carboxylic acids is 1. The molecular weight excluding hydrogens is 560 g/mol. The van der Waals surface area contributed by atoms with E-state index in [0.717, 1.165) is 50.0 Å². The molecule has 1 saturated heterocycles. The number of ether oxygens (including phenoxy) is 2. The summed E-state index contributed by atoms with van der Waals surface area (Å²) in [6.07, 6.45) is 4.55. The van der Waals surface area contributed by atoms with Crippen molar-refractivity contribution in [3.05, 3.63) is 16.1 Å². The third-order valence-electron chi connectivity index (χ3n) is 7.96. The summed E-state index contributed by atoms with van der Waals surface area (Å²) >= 11 is 1.10. The summed E-state index contributed by atoms with van der Waals surface area (Å²) in [5, 5.41) is 14.2. The molecule has 42 heavy (non-hydrogen) atoms. The molecule has 0 bridgehead atoms. The maximum Gasteiger partial charge on any atom is 0.355 e. The third-order valence-corrected chi connectivity index (χ3v) is 8.89. The number of hydrogen-bond donors (Lipinski definition) is 2. The Morgan fingerprint density at radius 2 is 1.93 bits per heavy atom. The van der Waals surface area contributed by atoms with Crippen LogP contribution in [0.2, 0.25) is 0 Å². The first kappa shape index (κ1) is 35.6. The molecule has 2 rings (SSSR count). The fraction of sp³-hybridized carbons (Fsp3) is 0.767. The van der Waals surface area contributed by atoms with Crippen LogP contribution in [0.1, 0.15) is 108 Å². The van der Waals surface area contributed by atoms with Crippen molar-refractivity contribution in [3.8, 4) is 0 Å². The molecule has 1 fully saturated rings. The predicted octanol–water partition coefficient (Wildman–Crippen LogP) is 4.48. The first-order chi connectivity index (χ1) is 19.9. The van der Waals surface area contributed by atoms with E-state index in [1.165, 1.54) is 12.3 Å². The number of nitrogens with zero attached hydrogens (tertiary/aromatic N) is 3. The first-order valence-corrected chi connectivity index (χ1v) is 16.0. The summed E-state index contributed by atoms with van der Waals surface area (Å²) in [5.74, 6) is -2.32. The number of aromatic nitrogens is 1. The molecule has 1 aromatic rings. The van der Waals surface area contributed by atoms with Gasteiger partial charge in [0.15, 0.2) is 11.8 Å². The second kappa shape index (κ2) is 17.5. The summed E-state index contributed by atoms with van der Waals surface area (Å²) in [5.41, 5.74) is -0.128. The van der Waals surface area contributed by atoms with Crippen molar-refractivity contribution >= 4 is 35.1 Å². The van der Waals surface area contributed by atoms with Gasteiger partial charge >= 0.3 is 11.9 Å². The maximum atomic E-state index is 14.4. The Labute approximate surface area is 254 Å². The van der Waals surface area contributed by atoms with Gasteiger partial charge < -0.3 is 24.8 Å². The van der Waals surface area contributed by atoms with Gasteiger partial charge in [-0.05, 0) is 44.7 Å². The summed E-state index contributed by atoms with van der Waals surface area (Å²) in [7, 11) is 1.94. The number of nitrogens with one attached hydrogen (secondary N) is 1. The average molecular weight is 611 g/mol. The largest absolute Gasteiger partial charge is 0.476 e. The first-order valence-electron chi connectivity index (χ1n) is 15.2. The lowest BCUT2D eigenvalue weighted by Crippen LogP contribution is -2.59. The van der Waals surface area contributed by atoms with E-state index in [9.17, 15) is 24.3 Å². The second-order valence-corrected chi connectivity index (χ2v) is 12.5. The number of thiazole rings is 1. The van der Waals surface area contributed by atoms with E-state index in [1.54, 1.807) is 4.90 Å². The second-order valence-electron chi connectivity index (χ2n) is 11.6. The highest BCUT2D eigenvalue weighted by Gasteiger charge is 2.39. The lowest BCUT2D eigenvalue weighted by Gasteiger charge is -2.40. The van der Waals surface area contributed by atoms with Crippen molar-refractivity contribution in [2.75, 3.05) is 26.9 Å². The lowest BCUT2D eigenvalue weighted by molar-refractivity contribution is -0.153. The van der Waals surface area contributed by atoms with Crippen LogP contribution in [0.25, 0.3) is 0 Å². The number of esters is 1. The molecule has 2 heterocycles. The summed E-state index contributed by atoms with van der Waals surface area (Å²) in [4.78, 5) is 59.3. The number of likely N-dealkylation sites (tertiary alicyclic amines) is 1. The van der Waals surface area contributed by atoms with Crippen LogP contribution < -0.4 is 5.32 Å². The molecule has 1 unspecified atom stereocenters. The number of hydrogen-bond acceptors (Lipinski definition) is 9. The molecule has 12 heteroatoms. The minimum atomic E-state index is -1.17. The van der Waals surface area contributed by atoms with Gasteiger partial charge in [-0.1, -0.05) is 53.9 Å². The molecule has 2 N–H and O–H groups in total. The number of unbranched alkanes of at least 4 members (excludes halogenated alkanes) is 1. The van der Waals surface area contributed by atoms with Crippen LogP contribution in [-0.4, -0.2) is 88.7 Å².